The molecule has 1 atom stereocenters. The van der Waals surface area contributed by atoms with Gasteiger partial charge in [0.1, 0.15) is 12.2 Å². The van der Waals surface area contributed by atoms with E-state index in [9.17, 15) is 0 Å². The Morgan fingerprint density at radius 2 is 2.13 bits per heavy atom. The van der Waals surface area contributed by atoms with Crippen LogP contribution in [0.25, 0.3) is 0 Å². The van der Waals surface area contributed by atoms with Crippen molar-refractivity contribution in [3.8, 4) is 0 Å². The molecular weight excluding hydrogens is 188 g/mol. The molecule has 0 saturated heterocycles. The van der Waals surface area contributed by atoms with Crippen LogP contribution in [-0.4, -0.2) is 20.8 Å². The van der Waals surface area contributed by atoms with Crippen molar-refractivity contribution in [1.82, 2.24) is 20.1 Å². The second-order valence-corrected chi connectivity index (χ2v) is 4.96. The number of nitrogens with zero attached hydrogens (tertiary/aromatic N) is 3. The predicted molar refractivity (Wildman–Crippen MR) is 61.5 cm³/mol. The molecular formula is C11H22N4. The molecule has 1 rings (SSSR count). The Labute approximate surface area is 92.1 Å². The molecule has 1 heterocycles. The molecule has 4 heteroatoms. The first-order valence-electron chi connectivity index (χ1n) is 5.55. The molecule has 0 fully saturated rings. The van der Waals surface area contributed by atoms with Crippen LogP contribution in [0.2, 0.25) is 0 Å². The summed E-state index contributed by atoms with van der Waals surface area (Å²) < 4.78 is 1.92. The summed E-state index contributed by atoms with van der Waals surface area (Å²) in [5.41, 5.74) is 0.275. The highest BCUT2D eigenvalue weighted by atomic mass is 15.3. The van der Waals surface area contributed by atoms with Gasteiger partial charge in [0, 0.05) is 12.6 Å². The fourth-order valence-electron chi connectivity index (χ4n) is 1.24. The van der Waals surface area contributed by atoms with Crippen molar-refractivity contribution in [2.45, 2.75) is 53.8 Å². The van der Waals surface area contributed by atoms with Crippen molar-refractivity contribution in [2.75, 3.05) is 0 Å². The second-order valence-electron chi connectivity index (χ2n) is 4.96. The van der Waals surface area contributed by atoms with Crippen LogP contribution in [0.1, 0.15) is 40.4 Å². The van der Waals surface area contributed by atoms with Crippen LogP contribution < -0.4 is 5.32 Å². The molecule has 4 nitrogen and oxygen atoms in total. The molecule has 0 aromatic carbocycles. The summed E-state index contributed by atoms with van der Waals surface area (Å²) in [6.45, 7) is 12.6. The van der Waals surface area contributed by atoms with E-state index >= 15 is 0 Å². The summed E-state index contributed by atoms with van der Waals surface area (Å²) in [5.74, 6) is 1.01. The fourth-order valence-corrected chi connectivity index (χ4v) is 1.24. The van der Waals surface area contributed by atoms with Crippen LogP contribution in [0.4, 0.5) is 0 Å². The summed E-state index contributed by atoms with van der Waals surface area (Å²) in [4.78, 5) is 4.23. The predicted octanol–water partition coefficient (Wildman–Crippen LogP) is 1.82. The Kier molecular flexibility index (Phi) is 3.85. The van der Waals surface area contributed by atoms with E-state index in [1.54, 1.807) is 6.33 Å². The number of aryl methyl sites for hydroxylation is 1. The van der Waals surface area contributed by atoms with Gasteiger partial charge < -0.3 is 5.32 Å². The lowest BCUT2D eigenvalue weighted by Gasteiger charge is -2.28. The van der Waals surface area contributed by atoms with Gasteiger partial charge in [0.25, 0.3) is 0 Å². The molecule has 0 spiro atoms. The minimum atomic E-state index is 0.275. The van der Waals surface area contributed by atoms with Gasteiger partial charge in [-0.3, -0.25) is 0 Å². The third-order valence-electron chi connectivity index (χ3n) is 2.86. The lowest BCUT2D eigenvalue weighted by atomic mass is 9.88. The maximum atomic E-state index is 4.23. The lowest BCUT2D eigenvalue weighted by Crippen LogP contribution is -2.37. The third kappa shape index (κ3) is 3.30. The molecule has 1 unspecified atom stereocenters. The highest BCUT2D eigenvalue weighted by Crippen LogP contribution is 2.18. The largest absolute Gasteiger partial charge is 0.307 e. The quantitative estimate of drug-likeness (QED) is 0.824. The van der Waals surface area contributed by atoms with E-state index < -0.39 is 0 Å². The molecule has 15 heavy (non-hydrogen) atoms. The number of aromatic nitrogens is 3. The van der Waals surface area contributed by atoms with Gasteiger partial charge in [-0.15, -0.1) is 0 Å². The maximum Gasteiger partial charge on any atom is 0.140 e. The molecule has 0 bridgehead atoms. The molecule has 0 radical (unpaired) electrons. The summed E-state index contributed by atoms with van der Waals surface area (Å²) in [7, 11) is 0. The van der Waals surface area contributed by atoms with Crippen molar-refractivity contribution < 1.29 is 0 Å². The average Bonchev–Trinajstić information content (AvgIpc) is 2.59. The zero-order chi connectivity index (χ0) is 11.5. The van der Waals surface area contributed by atoms with Gasteiger partial charge in [-0.2, -0.15) is 5.10 Å². The number of hydrogen-bond acceptors (Lipinski definition) is 3. The Hall–Kier alpha value is -0.900. The summed E-state index contributed by atoms with van der Waals surface area (Å²) in [5, 5.41) is 7.62. The van der Waals surface area contributed by atoms with Gasteiger partial charge in [-0.05, 0) is 19.3 Å². The fraction of sp³-hybridized carbons (Fsp3) is 0.818. The highest BCUT2D eigenvalue weighted by molar-refractivity contribution is 4.86. The SMILES string of the molecule is CCn1ncnc1CNC(C)C(C)(C)C. The molecule has 0 amide bonds. The van der Waals surface area contributed by atoms with E-state index in [0.29, 0.717) is 6.04 Å². The minimum absolute atomic E-state index is 0.275. The maximum absolute atomic E-state index is 4.23. The molecule has 1 aromatic heterocycles. The zero-order valence-corrected chi connectivity index (χ0v) is 10.4. The van der Waals surface area contributed by atoms with E-state index in [1.807, 2.05) is 4.68 Å². The van der Waals surface area contributed by atoms with Crippen LogP contribution in [0.15, 0.2) is 6.33 Å². The average molecular weight is 210 g/mol. The summed E-state index contributed by atoms with van der Waals surface area (Å²) >= 11 is 0. The Morgan fingerprint density at radius 3 is 2.67 bits per heavy atom. The molecule has 0 aliphatic carbocycles. The second kappa shape index (κ2) is 4.75. The standard InChI is InChI=1S/C11H22N4/c1-6-15-10(13-8-14-15)7-12-9(2)11(3,4)5/h8-9,12H,6-7H2,1-5H3. The highest BCUT2D eigenvalue weighted by Gasteiger charge is 2.19. The zero-order valence-electron chi connectivity index (χ0n) is 10.4. The van der Waals surface area contributed by atoms with Crippen LogP contribution in [0, 0.1) is 5.41 Å². The van der Waals surface area contributed by atoms with Crippen molar-refractivity contribution in [3.63, 3.8) is 0 Å². The summed E-state index contributed by atoms with van der Waals surface area (Å²) in [6, 6.07) is 0.458. The number of rotatable bonds is 4. The van der Waals surface area contributed by atoms with E-state index in [2.05, 4.69) is 50.0 Å². The van der Waals surface area contributed by atoms with Crippen molar-refractivity contribution in [3.05, 3.63) is 12.2 Å². The normalized spacial score (nSPS) is 14.2. The van der Waals surface area contributed by atoms with E-state index in [1.165, 1.54) is 0 Å². The first-order valence-corrected chi connectivity index (χ1v) is 5.55. The molecule has 0 saturated carbocycles. The van der Waals surface area contributed by atoms with Crippen molar-refractivity contribution >= 4 is 0 Å². The van der Waals surface area contributed by atoms with Gasteiger partial charge >= 0.3 is 0 Å². The van der Waals surface area contributed by atoms with E-state index in [0.717, 1.165) is 18.9 Å². The van der Waals surface area contributed by atoms with Gasteiger partial charge in [0.15, 0.2) is 0 Å². The van der Waals surface area contributed by atoms with E-state index in [4.69, 9.17) is 0 Å². The first kappa shape index (κ1) is 12.2. The monoisotopic (exact) mass is 210 g/mol. The van der Waals surface area contributed by atoms with Crippen molar-refractivity contribution in [2.24, 2.45) is 5.41 Å². The van der Waals surface area contributed by atoms with Gasteiger partial charge in [-0.25, -0.2) is 9.67 Å². The van der Waals surface area contributed by atoms with Crippen LogP contribution in [0.3, 0.4) is 0 Å². The lowest BCUT2D eigenvalue weighted by molar-refractivity contribution is 0.282. The third-order valence-corrected chi connectivity index (χ3v) is 2.86. The first-order chi connectivity index (χ1) is 6.95. The molecule has 1 N–H and O–H groups in total. The Balaban J connectivity index is 2.50. The van der Waals surface area contributed by atoms with Gasteiger partial charge in [0.2, 0.25) is 0 Å². The molecule has 0 aliphatic rings. The molecule has 1 aromatic rings. The Morgan fingerprint density at radius 1 is 1.47 bits per heavy atom. The topological polar surface area (TPSA) is 42.7 Å². The smallest absolute Gasteiger partial charge is 0.140 e. The van der Waals surface area contributed by atoms with Crippen LogP contribution in [0.5, 0.6) is 0 Å². The number of hydrogen-bond donors (Lipinski definition) is 1. The molecule has 0 aliphatic heterocycles. The Bertz CT molecular complexity index is 298. The molecule has 86 valence electrons. The number of nitrogens with one attached hydrogen (secondary N) is 1. The van der Waals surface area contributed by atoms with Crippen LogP contribution in [-0.2, 0) is 13.1 Å². The van der Waals surface area contributed by atoms with Crippen LogP contribution >= 0.6 is 0 Å². The van der Waals surface area contributed by atoms with E-state index in [-0.39, 0.29) is 5.41 Å². The summed E-state index contributed by atoms with van der Waals surface area (Å²) in [6.07, 6.45) is 1.61. The van der Waals surface area contributed by atoms with Gasteiger partial charge in [0.05, 0.1) is 6.54 Å². The minimum Gasteiger partial charge on any atom is -0.307 e. The van der Waals surface area contributed by atoms with Crippen molar-refractivity contribution in [1.29, 1.82) is 0 Å². The van der Waals surface area contributed by atoms with Gasteiger partial charge in [-0.1, -0.05) is 20.8 Å².